The molecule has 0 saturated carbocycles. The van der Waals surface area contributed by atoms with Gasteiger partial charge in [0.2, 0.25) is 5.91 Å². The molecular formula is C16H19N5O7S. The molecule has 2 rings (SSSR count). The number of nitrogens with zero attached hydrogens (tertiary/aromatic N) is 3. The molecule has 13 heteroatoms. The Morgan fingerprint density at radius 2 is 2.10 bits per heavy atom. The quantitative estimate of drug-likeness (QED) is 0.346. The molecule has 2 amide bonds. The van der Waals surface area contributed by atoms with Crippen molar-refractivity contribution < 1.29 is 28.8 Å². The summed E-state index contributed by atoms with van der Waals surface area (Å²) in [7, 11) is 1.22. The summed E-state index contributed by atoms with van der Waals surface area (Å²) >= 11 is 0.843. The van der Waals surface area contributed by atoms with Gasteiger partial charge in [-0.25, -0.2) is 4.79 Å². The Morgan fingerprint density at radius 1 is 1.41 bits per heavy atom. The predicted molar refractivity (Wildman–Crippen MR) is 102 cm³/mol. The molecule has 0 atom stereocenters. The van der Waals surface area contributed by atoms with E-state index in [0.29, 0.717) is 12.0 Å². The van der Waals surface area contributed by atoms with Crippen LogP contribution in [0.5, 0.6) is 5.88 Å². The second-order valence-corrected chi connectivity index (χ2v) is 6.81. The van der Waals surface area contributed by atoms with Crippen LogP contribution in [0.1, 0.15) is 38.9 Å². The fourth-order valence-electron chi connectivity index (χ4n) is 2.41. The zero-order valence-electron chi connectivity index (χ0n) is 15.9. The lowest BCUT2D eigenvalue weighted by Crippen LogP contribution is -2.20. The SMILES string of the molecule is CCCOC(=O)c1c(NC(=O)Cn2cc([N+](=O)[O-])c(OC)n2)sc(C(N)=O)c1C. The number of carbonyl (C=O) groups is 3. The van der Waals surface area contributed by atoms with Gasteiger partial charge >= 0.3 is 17.5 Å². The molecule has 29 heavy (non-hydrogen) atoms. The summed E-state index contributed by atoms with van der Waals surface area (Å²) in [5.41, 5.74) is 5.27. The largest absolute Gasteiger partial charge is 0.475 e. The number of nitro groups is 1. The van der Waals surface area contributed by atoms with Crippen molar-refractivity contribution in [1.82, 2.24) is 9.78 Å². The van der Waals surface area contributed by atoms with E-state index in [9.17, 15) is 24.5 Å². The first-order valence-electron chi connectivity index (χ1n) is 8.35. The van der Waals surface area contributed by atoms with Crippen molar-refractivity contribution in [2.75, 3.05) is 19.0 Å². The van der Waals surface area contributed by atoms with Crippen LogP contribution in [0.4, 0.5) is 10.7 Å². The number of primary amides is 1. The lowest BCUT2D eigenvalue weighted by atomic mass is 10.1. The van der Waals surface area contributed by atoms with Gasteiger partial charge in [0.25, 0.3) is 5.91 Å². The minimum Gasteiger partial charge on any atom is -0.475 e. The minimum atomic E-state index is -0.745. The highest BCUT2D eigenvalue weighted by molar-refractivity contribution is 7.18. The summed E-state index contributed by atoms with van der Waals surface area (Å²) in [5.74, 6) is -2.31. The average Bonchev–Trinajstić information content (AvgIpc) is 3.20. The zero-order valence-corrected chi connectivity index (χ0v) is 16.7. The molecule has 0 aromatic carbocycles. The highest BCUT2D eigenvalue weighted by Gasteiger charge is 2.26. The maximum absolute atomic E-state index is 12.4. The Bertz CT molecular complexity index is 965. The number of methoxy groups -OCH3 is 1. The van der Waals surface area contributed by atoms with Gasteiger partial charge in [-0.05, 0) is 18.9 Å². The van der Waals surface area contributed by atoms with Crippen molar-refractivity contribution in [1.29, 1.82) is 0 Å². The molecule has 0 spiro atoms. The molecule has 2 heterocycles. The van der Waals surface area contributed by atoms with E-state index in [-0.39, 0.29) is 27.9 Å². The van der Waals surface area contributed by atoms with Crippen molar-refractivity contribution in [2.45, 2.75) is 26.8 Å². The van der Waals surface area contributed by atoms with Crippen LogP contribution in [0, 0.1) is 17.0 Å². The van der Waals surface area contributed by atoms with Crippen molar-refractivity contribution in [3.05, 3.63) is 32.3 Å². The van der Waals surface area contributed by atoms with Crippen LogP contribution in [-0.2, 0) is 16.1 Å². The lowest BCUT2D eigenvalue weighted by molar-refractivity contribution is -0.385. The lowest BCUT2D eigenvalue weighted by Gasteiger charge is -2.07. The van der Waals surface area contributed by atoms with Crippen LogP contribution >= 0.6 is 11.3 Å². The number of amides is 2. The second kappa shape index (κ2) is 9.14. The van der Waals surface area contributed by atoms with Crippen LogP contribution in [-0.4, -0.2) is 46.2 Å². The van der Waals surface area contributed by atoms with E-state index in [1.165, 1.54) is 14.0 Å². The Hall–Kier alpha value is -3.48. The number of anilines is 1. The number of thiophene rings is 1. The van der Waals surface area contributed by atoms with Gasteiger partial charge in [-0.1, -0.05) is 6.92 Å². The molecule has 2 aromatic heterocycles. The van der Waals surface area contributed by atoms with E-state index < -0.39 is 34.9 Å². The molecule has 0 aliphatic rings. The molecule has 0 aliphatic heterocycles. The normalized spacial score (nSPS) is 10.4. The third kappa shape index (κ3) is 4.87. The first-order chi connectivity index (χ1) is 13.7. The molecule has 0 bridgehead atoms. The number of aromatic nitrogens is 2. The van der Waals surface area contributed by atoms with E-state index in [2.05, 4.69) is 10.4 Å². The van der Waals surface area contributed by atoms with Crippen LogP contribution in [0.15, 0.2) is 6.20 Å². The monoisotopic (exact) mass is 425 g/mol. The van der Waals surface area contributed by atoms with Crippen LogP contribution < -0.4 is 15.8 Å². The minimum absolute atomic E-state index is 0.0367. The van der Waals surface area contributed by atoms with Gasteiger partial charge in [-0.15, -0.1) is 16.4 Å². The molecule has 2 aromatic rings. The third-order valence-corrected chi connectivity index (χ3v) is 4.89. The molecule has 0 unspecified atom stereocenters. The van der Waals surface area contributed by atoms with Crippen molar-refractivity contribution >= 4 is 39.8 Å². The van der Waals surface area contributed by atoms with Gasteiger partial charge in [0.05, 0.1) is 29.1 Å². The van der Waals surface area contributed by atoms with E-state index in [4.69, 9.17) is 15.2 Å². The third-order valence-electron chi connectivity index (χ3n) is 3.67. The van der Waals surface area contributed by atoms with Crippen LogP contribution in [0.3, 0.4) is 0 Å². The van der Waals surface area contributed by atoms with Gasteiger partial charge in [-0.2, -0.15) is 0 Å². The predicted octanol–water partition coefficient (Wildman–Crippen LogP) is 1.47. The Balaban J connectivity index is 2.27. The van der Waals surface area contributed by atoms with Crippen molar-refractivity contribution in [3.63, 3.8) is 0 Å². The van der Waals surface area contributed by atoms with E-state index in [0.717, 1.165) is 22.2 Å². The zero-order chi connectivity index (χ0) is 21.7. The van der Waals surface area contributed by atoms with Crippen molar-refractivity contribution in [2.24, 2.45) is 5.73 Å². The molecule has 0 radical (unpaired) electrons. The van der Waals surface area contributed by atoms with E-state index in [1.54, 1.807) is 0 Å². The molecule has 0 aliphatic carbocycles. The van der Waals surface area contributed by atoms with Gasteiger partial charge in [0.15, 0.2) is 0 Å². The first-order valence-corrected chi connectivity index (χ1v) is 9.17. The Morgan fingerprint density at radius 3 is 2.62 bits per heavy atom. The fourth-order valence-corrected chi connectivity index (χ4v) is 3.47. The molecule has 0 saturated heterocycles. The fraction of sp³-hybridized carbons (Fsp3) is 0.375. The standard InChI is InChI=1S/C16H19N5O7S/c1-4-5-28-16(24)11-8(2)12(13(17)23)29-15(11)18-10(22)7-20-6-9(21(25)26)14(19-20)27-3/h6H,4-5,7H2,1-3H3,(H2,17,23)(H,18,22). The number of rotatable bonds is 9. The van der Waals surface area contributed by atoms with Gasteiger partial charge in [-0.3, -0.25) is 24.4 Å². The summed E-state index contributed by atoms with van der Waals surface area (Å²) < 4.78 is 10.9. The number of nitrogens with one attached hydrogen (secondary N) is 1. The molecule has 0 fully saturated rings. The summed E-state index contributed by atoms with van der Waals surface area (Å²) in [6, 6.07) is 0. The summed E-state index contributed by atoms with van der Waals surface area (Å²) in [5, 5.41) is 17.4. The number of hydrogen-bond acceptors (Lipinski definition) is 9. The number of ether oxygens (including phenoxy) is 2. The van der Waals surface area contributed by atoms with Crippen LogP contribution in [0.2, 0.25) is 0 Å². The summed E-state index contributed by atoms with van der Waals surface area (Å²) in [6.07, 6.45) is 1.64. The number of carbonyl (C=O) groups excluding carboxylic acids is 3. The molecule has 12 nitrogen and oxygen atoms in total. The smallest absolute Gasteiger partial charge is 0.350 e. The number of esters is 1. The van der Waals surface area contributed by atoms with Gasteiger partial charge < -0.3 is 20.5 Å². The van der Waals surface area contributed by atoms with E-state index in [1.807, 2.05) is 6.92 Å². The molecule has 3 N–H and O–H groups in total. The summed E-state index contributed by atoms with van der Waals surface area (Å²) in [4.78, 5) is 46.7. The van der Waals surface area contributed by atoms with E-state index >= 15 is 0 Å². The highest BCUT2D eigenvalue weighted by Crippen LogP contribution is 2.33. The number of nitrogens with two attached hydrogens (primary N) is 1. The Labute approximate surface area is 168 Å². The highest BCUT2D eigenvalue weighted by atomic mass is 32.1. The summed E-state index contributed by atoms with van der Waals surface area (Å²) in [6.45, 7) is 3.13. The molecule has 156 valence electrons. The maximum atomic E-state index is 12.4. The topological polar surface area (TPSA) is 169 Å². The number of hydrogen-bond donors (Lipinski definition) is 2. The maximum Gasteiger partial charge on any atom is 0.350 e. The average molecular weight is 425 g/mol. The van der Waals surface area contributed by atoms with Crippen LogP contribution in [0.25, 0.3) is 0 Å². The first kappa shape index (κ1) is 21.8. The molecular weight excluding hydrogens is 406 g/mol. The van der Waals surface area contributed by atoms with Crippen molar-refractivity contribution in [3.8, 4) is 5.88 Å². The van der Waals surface area contributed by atoms with Gasteiger partial charge in [0.1, 0.15) is 17.7 Å². The Kier molecular flexibility index (Phi) is 6.88. The second-order valence-electron chi connectivity index (χ2n) is 5.79. The van der Waals surface area contributed by atoms with Gasteiger partial charge in [0, 0.05) is 0 Å².